The second kappa shape index (κ2) is 8.63. The molecule has 0 bridgehead atoms. The lowest BCUT2D eigenvalue weighted by Gasteiger charge is -2.26. The van der Waals surface area contributed by atoms with E-state index in [-0.39, 0.29) is 23.7 Å². The minimum Gasteiger partial charge on any atom is -0.377 e. The van der Waals surface area contributed by atoms with E-state index in [1.807, 2.05) is 30.3 Å². The molecule has 3 aromatic carbocycles. The Labute approximate surface area is 191 Å². The van der Waals surface area contributed by atoms with Crippen LogP contribution in [0.3, 0.4) is 0 Å². The maximum atomic E-state index is 12.7. The highest BCUT2D eigenvalue weighted by molar-refractivity contribution is 7.91. The first kappa shape index (κ1) is 21.8. The van der Waals surface area contributed by atoms with Crippen LogP contribution in [0.25, 0.3) is 0 Å². The predicted octanol–water partition coefficient (Wildman–Crippen LogP) is 4.37. The third-order valence-electron chi connectivity index (χ3n) is 5.20. The van der Waals surface area contributed by atoms with Gasteiger partial charge in [0.2, 0.25) is 0 Å². The minimum absolute atomic E-state index is 0.136. The molecule has 31 heavy (non-hydrogen) atoms. The smallest absolute Gasteiger partial charge is 0.180 e. The van der Waals surface area contributed by atoms with Gasteiger partial charge in [0, 0.05) is 15.6 Å². The van der Waals surface area contributed by atoms with Crippen LogP contribution >= 0.6 is 23.2 Å². The molecule has 0 amide bonds. The molecule has 4 rings (SSSR count). The van der Waals surface area contributed by atoms with Gasteiger partial charge in [0.05, 0.1) is 23.7 Å². The highest BCUT2D eigenvalue weighted by Gasteiger charge is 2.43. The monoisotopic (exact) mass is 474 g/mol. The fraction of sp³-hybridized carbons (Fsp3) is 0.174. The van der Waals surface area contributed by atoms with E-state index < -0.39 is 15.4 Å². The van der Waals surface area contributed by atoms with E-state index in [9.17, 15) is 13.5 Å². The van der Waals surface area contributed by atoms with Crippen molar-refractivity contribution in [3.63, 3.8) is 0 Å². The van der Waals surface area contributed by atoms with Gasteiger partial charge in [-0.15, -0.1) is 0 Å². The van der Waals surface area contributed by atoms with Crippen molar-refractivity contribution in [2.45, 2.75) is 10.5 Å². The van der Waals surface area contributed by atoms with Crippen molar-refractivity contribution in [1.82, 2.24) is 5.01 Å². The molecule has 0 aromatic heterocycles. The van der Waals surface area contributed by atoms with Crippen LogP contribution in [0, 0.1) is 0 Å². The summed E-state index contributed by atoms with van der Waals surface area (Å²) in [5.41, 5.74) is 0.490. The Bertz CT molecular complexity index is 1200. The molecule has 1 N–H and O–H groups in total. The quantitative estimate of drug-likeness (QED) is 0.575. The number of rotatable bonds is 6. The molecule has 0 spiro atoms. The zero-order valence-corrected chi connectivity index (χ0v) is 18.8. The molecule has 1 unspecified atom stereocenters. The Morgan fingerprint density at radius 2 is 1.48 bits per heavy atom. The lowest BCUT2D eigenvalue weighted by atomic mass is 9.86. The van der Waals surface area contributed by atoms with Gasteiger partial charge in [-0.25, -0.2) is 8.42 Å². The van der Waals surface area contributed by atoms with Gasteiger partial charge in [-0.1, -0.05) is 65.7 Å². The minimum atomic E-state index is -3.52. The summed E-state index contributed by atoms with van der Waals surface area (Å²) in [5.74, 6) is -0.142. The summed E-state index contributed by atoms with van der Waals surface area (Å²) in [6.45, 7) is 0.280. The van der Waals surface area contributed by atoms with Crippen molar-refractivity contribution in [3.05, 3.63) is 100 Å². The molecule has 8 heteroatoms. The number of hydrogen-bond donors (Lipinski definition) is 1. The lowest BCUT2D eigenvalue weighted by molar-refractivity contribution is 0.0880. The predicted molar refractivity (Wildman–Crippen MR) is 123 cm³/mol. The van der Waals surface area contributed by atoms with Crippen molar-refractivity contribution >= 4 is 38.8 Å². The Morgan fingerprint density at radius 1 is 0.903 bits per heavy atom. The molecule has 1 atom stereocenters. The molecule has 1 aliphatic rings. The molecule has 5 nitrogen and oxygen atoms in total. The van der Waals surface area contributed by atoms with Gasteiger partial charge in [0.15, 0.2) is 15.4 Å². The van der Waals surface area contributed by atoms with Gasteiger partial charge in [-0.05, 0) is 42.0 Å². The first-order valence-corrected chi connectivity index (χ1v) is 12.0. The average molecular weight is 475 g/mol. The van der Waals surface area contributed by atoms with Gasteiger partial charge in [0.1, 0.15) is 5.71 Å². The first-order chi connectivity index (χ1) is 14.8. The molecule has 160 valence electrons. The van der Waals surface area contributed by atoms with Gasteiger partial charge in [-0.3, -0.25) is 5.01 Å². The third kappa shape index (κ3) is 4.62. The summed E-state index contributed by atoms with van der Waals surface area (Å²) in [7, 11) is -3.52. The Balaban J connectivity index is 1.62. The van der Waals surface area contributed by atoms with E-state index in [2.05, 4.69) is 5.10 Å². The van der Waals surface area contributed by atoms with Crippen LogP contribution in [-0.2, 0) is 15.4 Å². The van der Waals surface area contributed by atoms with Crippen molar-refractivity contribution < 1.29 is 13.5 Å². The number of β-amino-alcohol motifs (C(OH)–C–C–N with tert-alkyl or cyclic N) is 1. The highest BCUT2D eigenvalue weighted by Crippen LogP contribution is 2.33. The Kier molecular flexibility index (Phi) is 6.08. The van der Waals surface area contributed by atoms with E-state index in [0.717, 1.165) is 5.56 Å². The maximum absolute atomic E-state index is 12.7. The molecular weight excluding hydrogens is 455 g/mol. The molecule has 0 radical (unpaired) electrons. The summed E-state index contributed by atoms with van der Waals surface area (Å²) in [4.78, 5) is 0.205. The summed E-state index contributed by atoms with van der Waals surface area (Å²) in [5, 5.41) is 18.9. The fourth-order valence-corrected chi connectivity index (χ4v) is 5.05. The van der Waals surface area contributed by atoms with Crippen LogP contribution in [0.2, 0.25) is 10.0 Å². The summed E-state index contributed by atoms with van der Waals surface area (Å²) in [6, 6.07) is 22.4. The number of benzene rings is 3. The zero-order chi connectivity index (χ0) is 22.1. The van der Waals surface area contributed by atoms with Crippen LogP contribution in [0.4, 0.5) is 0 Å². The molecule has 0 fully saturated rings. The van der Waals surface area contributed by atoms with Gasteiger partial charge in [0.25, 0.3) is 0 Å². The third-order valence-corrected chi connectivity index (χ3v) is 7.42. The SMILES string of the molecule is O=S(=O)(CCN1CC(O)(c2ccccc2)C(c2ccc(Cl)cc2)=N1)c1ccc(Cl)cc1. The highest BCUT2D eigenvalue weighted by atomic mass is 35.5. The summed E-state index contributed by atoms with van der Waals surface area (Å²) in [6.07, 6.45) is 0. The second-order valence-corrected chi connectivity index (χ2v) is 10.3. The van der Waals surface area contributed by atoms with Crippen LogP contribution in [0.15, 0.2) is 88.9 Å². The molecule has 0 saturated heterocycles. The molecule has 3 aromatic rings. The second-order valence-electron chi connectivity index (χ2n) is 7.34. The van der Waals surface area contributed by atoms with Gasteiger partial charge >= 0.3 is 0 Å². The van der Waals surface area contributed by atoms with E-state index in [1.54, 1.807) is 41.4 Å². The van der Waals surface area contributed by atoms with Crippen LogP contribution in [0.5, 0.6) is 0 Å². The number of aliphatic hydroxyl groups is 1. The number of halogens is 2. The average Bonchev–Trinajstić information content (AvgIpc) is 3.12. The van der Waals surface area contributed by atoms with Crippen LogP contribution < -0.4 is 0 Å². The van der Waals surface area contributed by atoms with Crippen LogP contribution in [0.1, 0.15) is 11.1 Å². The number of nitrogens with zero attached hydrogens (tertiary/aromatic N) is 2. The van der Waals surface area contributed by atoms with Crippen molar-refractivity contribution in [1.29, 1.82) is 0 Å². The maximum Gasteiger partial charge on any atom is 0.180 e. The Hall–Kier alpha value is -2.38. The Morgan fingerprint density at radius 3 is 2.10 bits per heavy atom. The number of hydrogen-bond acceptors (Lipinski definition) is 5. The molecular formula is C23H20Cl2N2O3S. The summed E-state index contributed by atoms with van der Waals surface area (Å²) >= 11 is 11.9. The van der Waals surface area contributed by atoms with Crippen molar-refractivity contribution in [2.75, 3.05) is 18.8 Å². The zero-order valence-electron chi connectivity index (χ0n) is 16.4. The van der Waals surface area contributed by atoms with E-state index in [1.165, 1.54) is 12.1 Å². The largest absolute Gasteiger partial charge is 0.377 e. The van der Waals surface area contributed by atoms with Crippen molar-refractivity contribution in [2.24, 2.45) is 5.10 Å². The molecule has 0 saturated carbocycles. The van der Waals surface area contributed by atoms with Crippen LogP contribution in [-0.4, -0.2) is 43.1 Å². The molecule has 1 aliphatic heterocycles. The molecule has 0 aliphatic carbocycles. The molecule has 1 heterocycles. The summed E-state index contributed by atoms with van der Waals surface area (Å²) < 4.78 is 25.5. The van der Waals surface area contributed by atoms with Gasteiger partial charge < -0.3 is 5.11 Å². The topological polar surface area (TPSA) is 70.0 Å². The standard InChI is InChI=1S/C23H20Cl2N2O3S/c24-19-8-6-17(7-9-19)22-23(28,18-4-2-1-3-5-18)16-27(26-22)14-15-31(29,30)21-12-10-20(25)11-13-21/h1-13,28H,14-16H2. The number of sulfone groups is 1. The lowest BCUT2D eigenvalue weighted by Crippen LogP contribution is -2.39. The first-order valence-electron chi connectivity index (χ1n) is 9.64. The van der Waals surface area contributed by atoms with E-state index in [0.29, 0.717) is 21.3 Å². The van der Waals surface area contributed by atoms with Gasteiger partial charge in [-0.2, -0.15) is 5.10 Å². The van der Waals surface area contributed by atoms with Crippen molar-refractivity contribution in [3.8, 4) is 0 Å². The van der Waals surface area contributed by atoms with E-state index >= 15 is 0 Å². The number of hydrazone groups is 1. The normalized spacial score (nSPS) is 18.8. The van der Waals surface area contributed by atoms with E-state index in [4.69, 9.17) is 23.2 Å². The fourth-order valence-electron chi connectivity index (χ4n) is 3.56.